The number of Topliss-reactive ketones (excluding diaryl/α,β-unsaturated/α-hetero) is 1. The van der Waals surface area contributed by atoms with Crippen molar-refractivity contribution in [1.82, 2.24) is 15.0 Å². The quantitative estimate of drug-likeness (QED) is 0.443. The third-order valence-corrected chi connectivity index (χ3v) is 5.90. The minimum absolute atomic E-state index is 0.141. The van der Waals surface area contributed by atoms with Crippen molar-refractivity contribution in [3.05, 3.63) is 89.5 Å². The Morgan fingerprint density at radius 2 is 2.00 bits per heavy atom. The summed E-state index contributed by atoms with van der Waals surface area (Å²) in [5.74, 6) is 1.04. The molecule has 1 aliphatic rings. The number of aromatic nitrogens is 3. The van der Waals surface area contributed by atoms with Crippen molar-refractivity contribution in [2.75, 3.05) is 11.9 Å². The van der Waals surface area contributed by atoms with Gasteiger partial charge < -0.3 is 10.3 Å². The first-order valence-corrected chi connectivity index (χ1v) is 10.4. The van der Waals surface area contributed by atoms with Crippen LogP contribution >= 0.6 is 0 Å². The molecule has 4 aromatic rings. The molecule has 0 radical (unpaired) electrons. The molecule has 2 aromatic carbocycles. The fraction of sp³-hybridized carbons (Fsp3) is 0.200. The van der Waals surface area contributed by atoms with E-state index in [1.165, 1.54) is 0 Å². The molecule has 5 rings (SSSR count). The van der Waals surface area contributed by atoms with E-state index in [-0.39, 0.29) is 5.78 Å². The van der Waals surface area contributed by atoms with Gasteiger partial charge in [0.15, 0.2) is 5.78 Å². The van der Waals surface area contributed by atoms with Crippen molar-refractivity contribution in [3.63, 3.8) is 0 Å². The molecule has 0 aliphatic heterocycles. The number of fused-ring (bicyclic) bond motifs is 1. The van der Waals surface area contributed by atoms with E-state index in [0.29, 0.717) is 11.1 Å². The molecule has 0 saturated heterocycles. The summed E-state index contributed by atoms with van der Waals surface area (Å²) in [6, 6.07) is 19.3. The van der Waals surface area contributed by atoms with Crippen molar-refractivity contribution >= 4 is 22.5 Å². The van der Waals surface area contributed by atoms with Crippen LogP contribution < -0.4 is 5.32 Å². The fourth-order valence-electron chi connectivity index (χ4n) is 4.01. The number of carbonyl (C=O) groups is 1. The van der Waals surface area contributed by atoms with E-state index in [4.69, 9.17) is 10.2 Å². The highest BCUT2D eigenvalue weighted by atomic mass is 16.1. The van der Waals surface area contributed by atoms with E-state index in [2.05, 4.69) is 21.4 Å². The first-order valence-electron chi connectivity index (χ1n) is 10.4. The van der Waals surface area contributed by atoms with E-state index in [1.807, 2.05) is 36.4 Å². The van der Waals surface area contributed by atoms with Gasteiger partial charge in [-0.15, -0.1) is 0 Å². The van der Waals surface area contributed by atoms with Crippen LogP contribution in [0.1, 0.15) is 40.2 Å². The van der Waals surface area contributed by atoms with Gasteiger partial charge in [0.25, 0.3) is 0 Å². The standard InChI is InChI=1S/C25H21N5O/c26-15-17-3-6-20(7-4-17)28-13-9-23-29-21-8-5-19(14-22(21)30-23)25(10-11-25)24(31)18-2-1-12-27-16-18/h1-8,12,14,16,28H,9-11,13H2,(H,29,30). The highest BCUT2D eigenvalue weighted by Gasteiger charge is 2.51. The van der Waals surface area contributed by atoms with Gasteiger partial charge in [-0.1, -0.05) is 6.07 Å². The van der Waals surface area contributed by atoms with Gasteiger partial charge in [-0.05, 0) is 66.9 Å². The zero-order valence-corrected chi connectivity index (χ0v) is 16.9. The Bertz CT molecular complexity index is 1280. The molecule has 1 fully saturated rings. The summed E-state index contributed by atoms with van der Waals surface area (Å²) < 4.78 is 0. The summed E-state index contributed by atoms with van der Waals surface area (Å²) in [7, 11) is 0. The fourth-order valence-corrected chi connectivity index (χ4v) is 4.01. The Morgan fingerprint density at radius 3 is 2.71 bits per heavy atom. The van der Waals surface area contributed by atoms with Gasteiger partial charge in [-0.25, -0.2) is 4.98 Å². The van der Waals surface area contributed by atoms with Crippen LogP contribution in [0.4, 0.5) is 5.69 Å². The average Bonchev–Trinajstić information content (AvgIpc) is 3.53. The second-order valence-corrected chi connectivity index (χ2v) is 7.93. The number of pyridine rings is 1. The zero-order valence-electron chi connectivity index (χ0n) is 16.9. The molecule has 2 aromatic heterocycles. The van der Waals surface area contributed by atoms with Crippen molar-refractivity contribution in [2.45, 2.75) is 24.7 Å². The third-order valence-electron chi connectivity index (χ3n) is 5.90. The molecule has 2 N–H and O–H groups in total. The number of nitriles is 1. The molecule has 31 heavy (non-hydrogen) atoms. The molecule has 0 atom stereocenters. The SMILES string of the molecule is N#Cc1ccc(NCCc2nc3cc(C4(C(=O)c5cccnc5)CC4)ccc3[nH]2)cc1. The van der Waals surface area contributed by atoms with Gasteiger partial charge in [-0.2, -0.15) is 5.26 Å². The number of anilines is 1. The molecule has 1 aliphatic carbocycles. The molecule has 0 unspecified atom stereocenters. The van der Waals surface area contributed by atoms with E-state index < -0.39 is 5.41 Å². The number of hydrogen-bond donors (Lipinski definition) is 2. The highest BCUT2D eigenvalue weighted by molar-refractivity contribution is 6.06. The number of ketones is 1. The third kappa shape index (κ3) is 3.66. The van der Waals surface area contributed by atoms with Gasteiger partial charge >= 0.3 is 0 Å². The lowest BCUT2D eigenvalue weighted by atomic mass is 9.88. The summed E-state index contributed by atoms with van der Waals surface area (Å²) in [6.45, 7) is 0.724. The molecule has 0 bridgehead atoms. The molecule has 0 spiro atoms. The van der Waals surface area contributed by atoms with Crippen LogP contribution in [0.2, 0.25) is 0 Å². The summed E-state index contributed by atoms with van der Waals surface area (Å²) in [5, 5.41) is 12.2. The van der Waals surface area contributed by atoms with Gasteiger partial charge in [-0.3, -0.25) is 9.78 Å². The maximum absolute atomic E-state index is 13.1. The maximum atomic E-state index is 13.1. The lowest BCUT2D eigenvalue weighted by Crippen LogP contribution is -2.20. The van der Waals surface area contributed by atoms with Crippen LogP contribution in [0, 0.1) is 11.3 Å². The maximum Gasteiger partial charge on any atom is 0.174 e. The molecule has 6 heteroatoms. The summed E-state index contributed by atoms with van der Waals surface area (Å²) in [4.78, 5) is 25.3. The topological polar surface area (TPSA) is 94.5 Å². The van der Waals surface area contributed by atoms with Gasteiger partial charge in [0, 0.05) is 36.6 Å². The lowest BCUT2D eigenvalue weighted by molar-refractivity contribution is 0.0946. The monoisotopic (exact) mass is 407 g/mol. The lowest BCUT2D eigenvalue weighted by Gasteiger charge is -2.14. The highest BCUT2D eigenvalue weighted by Crippen LogP contribution is 2.50. The molecule has 0 amide bonds. The number of hydrogen-bond acceptors (Lipinski definition) is 5. The van der Waals surface area contributed by atoms with E-state index in [9.17, 15) is 4.79 Å². The van der Waals surface area contributed by atoms with Crippen LogP contribution in [0.15, 0.2) is 67.0 Å². The Balaban J connectivity index is 1.30. The van der Waals surface area contributed by atoms with Crippen molar-refractivity contribution in [2.24, 2.45) is 0 Å². The van der Waals surface area contributed by atoms with Gasteiger partial charge in [0.1, 0.15) is 5.82 Å². The Morgan fingerprint density at radius 1 is 1.16 bits per heavy atom. The van der Waals surface area contributed by atoms with Crippen LogP contribution in [0.5, 0.6) is 0 Å². The second-order valence-electron chi connectivity index (χ2n) is 7.93. The normalized spacial score (nSPS) is 14.2. The Hall–Kier alpha value is -3.98. The van der Waals surface area contributed by atoms with Crippen LogP contribution in [0.25, 0.3) is 11.0 Å². The van der Waals surface area contributed by atoms with Crippen molar-refractivity contribution < 1.29 is 4.79 Å². The van der Waals surface area contributed by atoms with E-state index >= 15 is 0 Å². The molecule has 152 valence electrons. The number of carbonyl (C=O) groups excluding carboxylic acids is 1. The Labute approximate surface area is 180 Å². The smallest absolute Gasteiger partial charge is 0.174 e. The average molecular weight is 407 g/mol. The van der Waals surface area contributed by atoms with Crippen LogP contribution in [-0.2, 0) is 11.8 Å². The Kier molecular flexibility index (Phi) is 4.72. The van der Waals surface area contributed by atoms with Gasteiger partial charge in [0.2, 0.25) is 0 Å². The largest absolute Gasteiger partial charge is 0.385 e. The first-order chi connectivity index (χ1) is 15.2. The number of imidazole rings is 1. The number of nitrogens with zero attached hydrogens (tertiary/aromatic N) is 3. The summed E-state index contributed by atoms with van der Waals surface area (Å²) >= 11 is 0. The molecular formula is C25H21N5O. The minimum atomic E-state index is -0.437. The number of aromatic amines is 1. The molecule has 2 heterocycles. The summed E-state index contributed by atoms with van der Waals surface area (Å²) in [5.41, 5.74) is 4.74. The number of nitrogens with one attached hydrogen (secondary N) is 2. The molecular weight excluding hydrogens is 386 g/mol. The van der Waals surface area contributed by atoms with Crippen molar-refractivity contribution in [3.8, 4) is 6.07 Å². The number of H-pyrrole nitrogens is 1. The molecule has 6 nitrogen and oxygen atoms in total. The summed E-state index contributed by atoms with van der Waals surface area (Å²) in [6.07, 6.45) is 5.79. The van der Waals surface area contributed by atoms with Crippen molar-refractivity contribution in [1.29, 1.82) is 5.26 Å². The van der Waals surface area contributed by atoms with Gasteiger partial charge in [0.05, 0.1) is 28.1 Å². The number of rotatable bonds is 7. The number of benzene rings is 2. The first kappa shape index (κ1) is 19.0. The molecule has 1 saturated carbocycles. The predicted octanol–water partition coefficient (Wildman–Crippen LogP) is 4.40. The second kappa shape index (κ2) is 7.69. The van der Waals surface area contributed by atoms with E-state index in [1.54, 1.807) is 30.6 Å². The van der Waals surface area contributed by atoms with E-state index in [0.717, 1.165) is 53.9 Å². The minimum Gasteiger partial charge on any atom is -0.385 e. The zero-order chi connectivity index (χ0) is 21.3. The van der Waals surface area contributed by atoms with Crippen LogP contribution in [0.3, 0.4) is 0 Å². The predicted molar refractivity (Wildman–Crippen MR) is 119 cm³/mol. The van der Waals surface area contributed by atoms with Crippen LogP contribution in [-0.4, -0.2) is 27.3 Å².